The Bertz CT molecular complexity index is 552. The molecule has 0 atom stereocenters. The Morgan fingerprint density at radius 2 is 2.09 bits per heavy atom. The summed E-state index contributed by atoms with van der Waals surface area (Å²) in [6.07, 6.45) is 2.26. The van der Waals surface area contributed by atoms with Crippen LogP contribution in [0.4, 0.5) is 14.6 Å². The largest absolute Gasteiger partial charge is 0.354 e. The summed E-state index contributed by atoms with van der Waals surface area (Å²) in [6, 6.07) is 2.01. The molecule has 1 aliphatic rings. The van der Waals surface area contributed by atoms with Crippen molar-refractivity contribution in [3.63, 3.8) is 0 Å². The summed E-state index contributed by atoms with van der Waals surface area (Å²) in [4.78, 5) is 21.7. The van der Waals surface area contributed by atoms with Gasteiger partial charge in [0.2, 0.25) is 5.91 Å². The van der Waals surface area contributed by atoms with Crippen LogP contribution in [-0.4, -0.2) is 41.9 Å². The summed E-state index contributed by atoms with van der Waals surface area (Å²) in [7, 11) is 0. The molecule has 1 N–H and O–H groups in total. The molecule has 2 heterocycles. The Balaban J connectivity index is 1.83. The quantitative estimate of drug-likeness (QED) is 0.887. The molecule has 1 aromatic heterocycles. The number of nitriles is 1. The lowest BCUT2D eigenvalue weighted by Gasteiger charge is -2.32. The fraction of sp³-hybridized carbons (Fsp3) is 0.571. The molecule has 1 aliphatic heterocycles. The van der Waals surface area contributed by atoms with Gasteiger partial charge in [-0.15, -0.1) is 0 Å². The average Bonchev–Trinajstić information content (AvgIpc) is 2.53. The third-order valence-corrected chi connectivity index (χ3v) is 3.63. The molecule has 118 valence electrons. The normalized spacial score (nSPS) is 15.6. The van der Waals surface area contributed by atoms with Gasteiger partial charge in [0, 0.05) is 31.9 Å². The van der Waals surface area contributed by atoms with Crippen molar-refractivity contribution in [2.24, 2.45) is 5.92 Å². The van der Waals surface area contributed by atoms with Gasteiger partial charge in [0.1, 0.15) is 6.07 Å². The molecule has 0 aromatic carbocycles. The van der Waals surface area contributed by atoms with Crippen LogP contribution in [0.1, 0.15) is 25.0 Å². The number of hydrogen-bond acceptors (Lipinski definition) is 5. The first kappa shape index (κ1) is 16.1. The summed E-state index contributed by atoms with van der Waals surface area (Å²) >= 11 is 0. The second kappa shape index (κ2) is 7.64. The Morgan fingerprint density at radius 1 is 1.41 bits per heavy atom. The minimum Gasteiger partial charge on any atom is -0.354 e. The first-order valence-corrected chi connectivity index (χ1v) is 7.11. The van der Waals surface area contributed by atoms with Crippen LogP contribution in [0, 0.1) is 17.2 Å². The van der Waals surface area contributed by atoms with Crippen LogP contribution in [0.15, 0.2) is 12.4 Å². The lowest BCUT2D eigenvalue weighted by Crippen LogP contribution is -2.37. The summed E-state index contributed by atoms with van der Waals surface area (Å²) < 4.78 is 24.0. The number of alkyl halides is 2. The zero-order chi connectivity index (χ0) is 15.9. The summed E-state index contributed by atoms with van der Waals surface area (Å²) in [5, 5.41) is 11.3. The highest BCUT2D eigenvalue weighted by Crippen LogP contribution is 2.25. The van der Waals surface area contributed by atoms with Crippen LogP contribution < -0.4 is 10.2 Å². The van der Waals surface area contributed by atoms with Gasteiger partial charge in [0.05, 0.1) is 6.54 Å². The topological polar surface area (TPSA) is 81.9 Å². The molecule has 6 nitrogen and oxygen atoms in total. The number of halogens is 2. The smallest absolute Gasteiger partial charge is 0.255 e. The summed E-state index contributed by atoms with van der Waals surface area (Å²) in [6.45, 7) is 0.739. The predicted octanol–water partition coefficient (Wildman–Crippen LogP) is 1.34. The molecule has 0 saturated carbocycles. The van der Waals surface area contributed by atoms with Crippen molar-refractivity contribution in [2.45, 2.75) is 25.7 Å². The van der Waals surface area contributed by atoms with Gasteiger partial charge >= 0.3 is 0 Å². The number of nitrogens with zero attached hydrogens (tertiary/aromatic N) is 4. The highest BCUT2D eigenvalue weighted by atomic mass is 19.3. The second-order valence-electron chi connectivity index (χ2n) is 5.17. The number of carbonyl (C=O) groups excluding carboxylic acids is 1. The van der Waals surface area contributed by atoms with Crippen LogP contribution in [-0.2, 0) is 4.79 Å². The number of carbonyl (C=O) groups is 1. The average molecular weight is 309 g/mol. The van der Waals surface area contributed by atoms with Gasteiger partial charge in [-0.3, -0.25) is 4.79 Å². The van der Waals surface area contributed by atoms with Crippen molar-refractivity contribution in [3.8, 4) is 6.07 Å². The van der Waals surface area contributed by atoms with Gasteiger partial charge < -0.3 is 10.2 Å². The summed E-state index contributed by atoms with van der Waals surface area (Å²) in [5.41, 5.74) is 0.288. The number of hydrogen-bond donors (Lipinski definition) is 1. The highest BCUT2D eigenvalue weighted by Gasteiger charge is 2.24. The minimum absolute atomic E-state index is 0.163. The van der Waals surface area contributed by atoms with Gasteiger partial charge in [-0.05, 0) is 18.8 Å². The maximum Gasteiger partial charge on any atom is 0.255 e. The first-order valence-electron chi connectivity index (χ1n) is 7.11. The van der Waals surface area contributed by atoms with E-state index < -0.39 is 13.0 Å². The van der Waals surface area contributed by atoms with E-state index in [9.17, 15) is 13.6 Å². The molecule has 8 heteroatoms. The van der Waals surface area contributed by atoms with E-state index >= 15 is 0 Å². The molecule has 0 unspecified atom stereocenters. The van der Waals surface area contributed by atoms with Crippen molar-refractivity contribution in [3.05, 3.63) is 18.1 Å². The van der Waals surface area contributed by atoms with E-state index in [2.05, 4.69) is 15.3 Å². The molecule has 0 spiro atoms. The molecule has 1 aromatic rings. The standard InChI is InChI=1S/C14H17F2N5O/c15-12(16)9-20-13(22)7-10-1-5-21(6-2-10)14-11(8-17)18-3-4-19-14/h3-4,10,12H,1-2,5-7,9H2,(H,20,22). The number of amides is 1. The first-order chi connectivity index (χ1) is 10.6. The lowest BCUT2D eigenvalue weighted by molar-refractivity contribution is -0.122. The van der Waals surface area contributed by atoms with E-state index in [1.54, 1.807) is 6.20 Å². The zero-order valence-electron chi connectivity index (χ0n) is 12.0. The molecule has 1 saturated heterocycles. The van der Waals surface area contributed by atoms with Crippen molar-refractivity contribution in [1.82, 2.24) is 15.3 Å². The van der Waals surface area contributed by atoms with Crippen LogP contribution in [0.3, 0.4) is 0 Å². The third-order valence-electron chi connectivity index (χ3n) is 3.63. The van der Waals surface area contributed by atoms with E-state index in [1.807, 2.05) is 11.0 Å². The van der Waals surface area contributed by atoms with Crippen molar-refractivity contribution < 1.29 is 13.6 Å². The van der Waals surface area contributed by atoms with Crippen LogP contribution in [0.2, 0.25) is 0 Å². The Hall–Kier alpha value is -2.30. The maximum absolute atomic E-state index is 12.0. The molecule has 2 rings (SSSR count). The predicted molar refractivity (Wildman–Crippen MR) is 75.3 cm³/mol. The number of anilines is 1. The van der Waals surface area contributed by atoms with Gasteiger partial charge in [-0.2, -0.15) is 5.26 Å². The van der Waals surface area contributed by atoms with Crippen molar-refractivity contribution >= 4 is 11.7 Å². The molecule has 1 fully saturated rings. The van der Waals surface area contributed by atoms with Gasteiger partial charge in [0.25, 0.3) is 6.43 Å². The Morgan fingerprint density at radius 3 is 2.73 bits per heavy atom. The molecule has 0 radical (unpaired) electrons. The SMILES string of the molecule is N#Cc1nccnc1N1CCC(CC(=O)NCC(F)F)CC1. The van der Waals surface area contributed by atoms with Gasteiger partial charge in [-0.25, -0.2) is 18.7 Å². The summed E-state index contributed by atoms with van der Waals surface area (Å²) in [5.74, 6) is 0.387. The third kappa shape index (κ3) is 4.35. The monoisotopic (exact) mass is 309 g/mol. The fourth-order valence-electron chi connectivity index (χ4n) is 2.52. The van der Waals surface area contributed by atoms with Crippen molar-refractivity contribution in [1.29, 1.82) is 5.26 Å². The molecule has 22 heavy (non-hydrogen) atoms. The number of nitrogens with one attached hydrogen (secondary N) is 1. The van der Waals surface area contributed by atoms with Crippen LogP contribution in [0.25, 0.3) is 0 Å². The molecular formula is C14H17F2N5O. The van der Waals surface area contributed by atoms with E-state index in [0.29, 0.717) is 18.9 Å². The molecule has 1 amide bonds. The Kier molecular flexibility index (Phi) is 5.58. The van der Waals surface area contributed by atoms with E-state index in [0.717, 1.165) is 12.8 Å². The van der Waals surface area contributed by atoms with Crippen molar-refractivity contribution in [2.75, 3.05) is 24.5 Å². The number of piperidine rings is 1. The fourth-order valence-corrected chi connectivity index (χ4v) is 2.52. The minimum atomic E-state index is -2.52. The van der Waals surface area contributed by atoms with E-state index in [1.165, 1.54) is 6.20 Å². The molecular weight excluding hydrogens is 292 g/mol. The number of aromatic nitrogens is 2. The van der Waals surface area contributed by atoms with Crippen LogP contribution in [0.5, 0.6) is 0 Å². The maximum atomic E-state index is 12.0. The van der Waals surface area contributed by atoms with E-state index in [4.69, 9.17) is 5.26 Å². The van der Waals surface area contributed by atoms with Crippen LogP contribution >= 0.6 is 0 Å². The second-order valence-corrected chi connectivity index (χ2v) is 5.17. The van der Waals surface area contributed by atoms with Gasteiger partial charge in [-0.1, -0.05) is 0 Å². The molecule has 0 aliphatic carbocycles. The molecule has 0 bridgehead atoms. The highest BCUT2D eigenvalue weighted by molar-refractivity contribution is 5.76. The number of rotatable bonds is 5. The Labute approximate surface area is 127 Å². The van der Waals surface area contributed by atoms with Gasteiger partial charge in [0.15, 0.2) is 11.5 Å². The zero-order valence-corrected chi connectivity index (χ0v) is 12.0. The van der Waals surface area contributed by atoms with E-state index in [-0.39, 0.29) is 23.9 Å². The lowest BCUT2D eigenvalue weighted by atomic mass is 9.93.